The minimum absolute atomic E-state index is 0.0132. The third kappa shape index (κ3) is 5.02. The van der Waals surface area contributed by atoms with Gasteiger partial charge in [0, 0.05) is 54.2 Å². The van der Waals surface area contributed by atoms with E-state index in [1.807, 2.05) is 31.3 Å². The van der Waals surface area contributed by atoms with Gasteiger partial charge in [0.1, 0.15) is 0 Å². The normalized spacial score (nSPS) is 12.2. The first-order valence-corrected chi connectivity index (χ1v) is 8.68. The van der Waals surface area contributed by atoms with Gasteiger partial charge in [-0.2, -0.15) is 0 Å². The van der Waals surface area contributed by atoms with Gasteiger partial charge in [-0.05, 0) is 18.1 Å². The van der Waals surface area contributed by atoms with Crippen molar-refractivity contribution in [3.05, 3.63) is 66.5 Å². The van der Waals surface area contributed by atoms with Gasteiger partial charge in [0.2, 0.25) is 0 Å². The van der Waals surface area contributed by atoms with Crippen LogP contribution in [-0.2, 0) is 0 Å². The summed E-state index contributed by atoms with van der Waals surface area (Å²) < 4.78 is 0. The quantitative estimate of drug-likeness (QED) is 0.456. The summed E-state index contributed by atoms with van der Waals surface area (Å²) in [6, 6.07) is 5.94. The summed E-state index contributed by atoms with van der Waals surface area (Å²) in [6.45, 7) is 14.7. The van der Waals surface area contributed by atoms with Gasteiger partial charge in [0.05, 0.1) is 6.04 Å². The van der Waals surface area contributed by atoms with Crippen molar-refractivity contribution in [3.8, 4) is 0 Å². The molecule has 0 heterocycles. The Morgan fingerprint density at radius 1 is 1.38 bits per heavy atom. The first-order chi connectivity index (χ1) is 12.4. The zero-order valence-corrected chi connectivity index (χ0v) is 15.9. The monoisotopic (exact) mass is 353 g/mol. The molecular weight excluding hydrogens is 322 g/mol. The molecule has 0 saturated heterocycles. The van der Waals surface area contributed by atoms with Crippen LogP contribution in [0.25, 0.3) is 11.8 Å². The number of likely N-dealkylation sites (N-methyl/N-ethyl adjacent to an activating group) is 1. The van der Waals surface area contributed by atoms with Crippen LogP contribution in [0.2, 0.25) is 0 Å². The molecule has 0 aromatic heterocycles. The maximum Gasteiger partial charge on any atom is 0.0676 e. The lowest BCUT2D eigenvalue weighted by Gasteiger charge is -2.33. The van der Waals surface area contributed by atoms with E-state index in [2.05, 4.69) is 36.9 Å². The van der Waals surface area contributed by atoms with Gasteiger partial charge < -0.3 is 27.1 Å². The van der Waals surface area contributed by atoms with E-state index < -0.39 is 0 Å². The van der Waals surface area contributed by atoms with Crippen molar-refractivity contribution in [1.82, 2.24) is 4.90 Å². The second kappa shape index (κ2) is 10.1. The van der Waals surface area contributed by atoms with Crippen molar-refractivity contribution in [2.24, 2.45) is 11.5 Å². The first-order valence-electron chi connectivity index (χ1n) is 8.68. The molecule has 1 aromatic rings. The van der Waals surface area contributed by atoms with E-state index in [1.165, 1.54) is 12.4 Å². The number of benzene rings is 1. The molecule has 140 valence electrons. The van der Waals surface area contributed by atoms with Gasteiger partial charge in [-0.15, -0.1) is 0 Å². The molecular formula is C21H31N5. The highest BCUT2D eigenvalue weighted by molar-refractivity contribution is 5.83. The number of nitrogens with one attached hydrogen (secondary N) is 2. The van der Waals surface area contributed by atoms with Gasteiger partial charge in [0.25, 0.3) is 0 Å². The Hall–Kier alpha value is -2.95. The maximum atomic E-state index is 7.38. The van der Waals surface area contributed by atoms with Crippen molar-refractivity contribution in [2.45, 2.75) is 25.8 Å². The fourth-order valence-electron chi connectivity index (χ4n) is 2.83. The molecule has 1 rings (SSSR count). The van der Waals surface area contributed by atoms with Crippen LogP contribution in [0.5, 0.6) is 0 Å². The molecule has 26 heavy (non-hydrogen) atoms. The summed E-state index contributed by atoms with van der Waals surface area (Å²) in [7, 11) is 1.98. The molecule has 0 amide bonds. The molecule has 0 bridgehead atoms. The highest BCUT2D eigenvalue weighted by Crippen LogP contribution is 2.31. The number of nitrogens with two attached hydrogens (primary N) is 2. The van der Waals surface area contributed by atoms with Crippen molar-refractivity contribution >= 4 is 23.7 Å². The molecule has 0 aliphatic rings. The number of rotatable bonds is 11. The molecule has 5 heteroatoms. The molecule has 6 N–H and O–H groups in total. The lowest BCUT2D eigenvalue weighted by Crippen LogP contribution is -2.34. The van der Waals surface area contributed by atoms with E-state index in [0.29, 0.717) is 17.8 Å². The van der Waals surface area contributed by atoms with Crippen LogP contribution in [0.15, 0.2) is 55.4 Å². The Labute approximate surface area is 157 Å². The summed E-state index contributed by atoms with van der Waals surface area (Å²) in [6.07, 6.45) is 6.37. The van der Waals surface area contributed by atoms with E-state index in [-0.39, 0.29) is 6.04 Å². The summed E-state index contributed by atoms with van der Waals surface area (Å²) >= 11 is 0. The minimum atomic E-state index is 0.0132. The molecule has 5 nitrogen and oxygen atoms in total. The van der Waals surface area contributed by atoms with Gasteiger partial charge in [-0.3, -0.25) is 0 Å². The molecule has 1 aromatic carbocycles. The SMILES string of the molecule is C=Cc1cccc(NC/C(C=N)=C/N)c1C(=C)N(C)C(CCC)C(=C)N. The van der Waals surface area contributed by atoms with Crippen molar-refractivity contribution in [1.29, 1.82) is 5.41 Å². The predicted molar refractivity (Wildman–Crippen MR) is 115 cm³/mol. The molecule has 0 aliphatic heterocycles. The van der Waals surface area contributed by atoms with Gasteiger partial charge >= 0.3 is 0 Å². The van der Waals surface area contributed by atoms with Gasteiger partial charge in [-0.1, -0.05) is 51.3 Å². The summed E-state index contributed by atoms with van der Waals surface area (Å²) in [5.74, 6) is 0. The summed E-state index contributed by atoms with van der Waals surface area (Å²) in [5, 5.41) is 10.7. The topological polar surface area (TPSA) is 91.2 Å². The Bertz CT molecular complexity index is 702. The number of hydrogen-bond donors (Lipinski definition) is 4. The summed E-state index contributed by atoms with van der Waals surface area (Å²) in [5.41, 5.74) is 16.5. The zero-order valence-electron chi connectivity index (χ0n) is 15.9. The van der Waals surface area contributed by atoms with E-state index >= 15 is 0 Å². The van der Waals surface area contributed by atoms with Crippen LogP contribution >= 0.6 is 0 Å². The van der Waals surface area contributed by atoms with Crippen LogP contribution < -0.4 is 16.8 Å². The predicted octanol–water partition coefficient (Wildman–Crippen LogP) is 3.78. The largest absolute Gasteiger partial charge is 0.404 e. The molecule has 1 atom stereocenters. The Morgan fingerprint density at radius 2 is 2.08 bits per heavy atom. The number of hydrogen-bond acceptors (Lipinski definition) is 5. The summed E-state index contributed by atoms with van der Waals surface area (Å²) in [4.78, 5) is 2.07. The van der Waals surface area contributed by atoms with Crippen LogP contribution in [-0.4, -0.2) is 30.7 Å². The molecule has 0 radical (unpaired) electrons. The van der Waals surface area contributed by atoms with Crippen molar-refractivity contribution in [3.63, 3.8) is 0 Å². The fourth-order valence-corrected chi connectivity index (χ4v) is 2.83. The van der Waals surface area contributed by atoms with E-state index in [9.17, 15) is 0 Å². The van der Waals surface area contributed by atoms with Crippen molar-refractivity contribution < 1.29 is 0 Å². The number of anilines is 1. The van der Waals surface area contributed by atoms with Crippen LogP contribution in [0, 0.1) is 5.41 Å². The highest BCUT2D eigenvalue weighted by atomic mass is 15.2. The molecule has 0 spiro atoms. The van der Waals surface area contributed by atoms with Crippen LogP contribution in [0.1, 0.15) is 30.9 Å². The second-order valence-corrected chi connectivity index (χ2v) is 6.15. The van der Waals surface area contributed by atoms with E-state index in [0.717, 1.165) is 35.4 Å². The molecule has 0 fully saturated rings. The highest BCUT2D eigenvalue weighted by Gasteiger charge is 2.21. The zero-order chi connectivity index (χ0) is 19.7. The smallest absolute Gasteiger partial charge is 0.0676 e. The van der Waals surface area contributed by atoms with Crippen LogP contribution in [0.4, 0.5) is 5.69 Å². The fraction of sp³-hybridized carbons (Fsp3) is 0.286. The second-order valence-electron chi connectivity index (χ2n) is 6.15. The molecule has 0 saturated carbocycles. The van der Waals surface area contributed by atoms with Crippen LogP contribution in [0.3, 0.4) is 0 Å². The Morgan fingerprint density at radius 3 is 2.58 bits per heavy atom. The third-order valence-electron chi connectivity index (χ3n) is 4.37. The van der Waals surface area contributed by atoms with Gasteiger partial charge in [0.15, 0.2) is 0 Å². The minimum Gasteiger partial charge on any atom is -0.404 e. The Kier molecular flexibility index (Phi) is 8.22. The van der Waals surface area contributed by atoms with E-state index in [1.54, 1.807) is 0 Å². The lowest BCUT2D eigenvalue weighted by molar-refractivity contribution is 0.365. The molecule has 1 unspecified atom stereocenters. The molecule has 0 aliphatic carbocycles. The standard InChI is InChI=1S/C21H31N5/c1-6-9-20(15(3)24)26(5)16(4)21-18(7-2)10-8-11-19(21)25-14-17(12-22)13-23/h7-8,10-13,20,22,25H,2-4,6,9,14,23-24H2,1,5H3/b17-13+,22-12?. The van der Waals surface area contributed by atoms with Crippen molar-refractivity contribution in [2.75, 3.05) is 18.9 Å². The Balaban J connectivity index is 3.26. The van der Waals surface area contributed by atoms with E-state index in [4.69, 9.17) is 16.9 Å². The average Bonchev–Trinajstić information content (AvgIpc) is 2.65. The lowest BCUT2D eigenvalue weighted by atomic mass is 9.99. The third-order valence-corrected chi connectivity index (χ3v) is 4.37. The first kappa shape index (κ1) is 21.1. The number of nitrogens with zero attached hydrogens (tertiary/aromatic N) is 1. The van der Waals surface area contributed by atoms with Gasteiger partial charge in [-0.25, -0.2) is 0 Å². The average molecular weight is 354 g/mol. The maximum absolute atomic E-state index is 7.38.